The number of hydrogen-bond acceptors (Lipinski definition) is 6. The van der Waals surface area contributed by atoms with Crippen LogP contribution in [0.5, 0.6) is 0 Å². The van der Waals surface area contributed by atoms with E-state index in [1.54, 1.807) is 0 Å². The molecule has 2 aromatic carbocycles. The summed E-state index contributed by atoms with van der Waals surface area (Å²) in [5.74, 6) is -10.8. The Hall–Kier alpha value is -6.28. The van der Waals surface area contributed by atoms with Crippen molar-refractivity contribution in [3.8, 4) is 34.8 Å². The number of rotatable bonds is 13. The van der Waals surface area contributed by atoms with E-state index in [0.29, 0.717) is 49.9 Å². The standard InChI is InChI=1S/C40H28F8N2O4/c1-3-29(51)53-19-7-5-9-25-15-11-23(21-49-25)13-17-27-33(41)37(45)31(38(46)34(27)42)32-39(47)35(43)28(36(44)40(32)48)18-14-24-12-16-26(50-22-24)10-6-8-20-54-30(52)4-2/h3-4,11-12,15-16,21-22H,1-2,5-10,19-20H2. The van der Waals surface area contributed by atoms with Crippen molar-refractivity contribution in [3.63, 3.8) is 0 Å². The Kier molecular flexibility index (Phi) is 14.2. The molecule has 0 spiro atoms. The lowest BCUT2D eigenvalue weighted by atomic mass is 9.97. The summed E-state index contributed by atoms with van der Waals surface area (Å²) in [5.41, 5.74) is -5.64. The highest BCUT2D eigenvalue weighted by Crippen LogP contribution is 2.38. The molecule has 0 unspecified atom stereocenters. The number of pyridine rings is 2. The van der Waals surface area contributed by atoms with Crippen molar-refractivity contribution in [2.24, 2.45) is 0 Å². The molecule has 54 heavy (non-hydrogen) atoms. The van der Waals surface area contributed by atoms with Gasteiger partial charge in [0.05, 0.1) is 24.3 Å². The van der Waals surface area contributed by atoms with Crippen molar-refractivity contribution in [3.05, 3.63) is 142 Å². The van der Waals surface area contributed by atoms with E-state index < -0.39 is 80.7 Å². The molecule has 278 valence electrons. The van der Waals surface area contributed by atoms with Gasteiger partial charge in [-0.3, -0.25) is 9.97 Å². The van der Waals surface area contributed by atoms with Crippen molar-refractivity contribution in [2.75, 3.05) is 13.2 Å². The number of aryl methyl sites for hydroxylation is 2. The van der Waals surface area contributed by atoms with Crippen molar-refractivity contribution < 1.29 is 54.2 Å². The minimum atomic E-state index is -2.36. The van der Waals surface area contributed by atoms with E-state index in [9.17, 15) is 9.59 Å². The summed E-state index contributed by atoms with van der Waals surface area (Å²) in [5, 5.41) is 0. The smallest absolute Gasteiger partial charge is 0.330 e. The number of ether oxygens (including phenoxy) is 2. The van der Waals surface area contributed by atoms with Crippen LogP contribution < -0.4 is 0 Å². The topological polar surface area (TPSA) is 78.4 Å². The van der Waals surface area contributed by atoms with Crippen LogP contribution in [0.15, 0.2) is 62.0 Å². The van der Waals surface area contributed by atoms with Gasteiger partial charge in [0.1, 0.15) is 11.1 Å². The van der Waals surface area contributed by atoms with Crippen LogP contribution in [0.25, 0.3) is 11.1 Å². The number of hydrogen-bond donors (Lipinski definition) is 0. The highest BCUT2D eigenvalue weighted by Gasteiger charge is 2.33. The molecule has 0 saturated carbocycles. The highest BCUT2D eigenvalue weighted by atomic mass is 19.2. The summed E-state index contributed by atoms with van der Waals surface area (Å²) in [6.45, 7) is 6.93. The lowest BCUT2D eigenvalue weighted by Gasteiger charge is -2.13. The monoisotopic (exact) mass is 752 g/mol. The van der Waals surface area contributed by atoms with E-state index in [-0.39, 0.29) is 24.3 Å². The van der Waals surface area contributed by atoms with Gasteiger partial charge in [-0.15, -0.1) is 0 Å². The lowest BCUT2D eigenvalue weighted by Crippen LogP contribution is -2.10. The van der Waals surface area contributed by atoms with Crippen molar-refractivity contribution in [1.29, 1.82) is 0 Å². The zero-order chi connectivity index (χ0) is 39.4. The summed E-state index contributed by atoms with van der Waals surface area (Å²) in [6.07, 6.45) is 7.76. The fourth-order valence-electron chi connectivity index (χ4n) is 4.76. The van der Waals surface area contributed by atoms with E-state index in [0.717, 1.165) is 12.2 Å². The molecule has 0 N–H and O–H groups in total. The van der Waals surface area contributed by atoms with Crippen LogP contribution in [-0.2, 0) is 31.9 Å². The second-order valence-electron chi connectivity index (χ2n) is 11.2. The molecule has 2 heterocycles. The van der Waals surface area contributed by atoms with E-state index in [4.69, 9.17) is 9.47 Å². The second kappa shape index (κ2) is 19.0. The lowest BCUT2D eigenvalue weighted by molar-refractivity contribution is -0.138. The average Bonchev–Trinajstić information content (AvgIpc) is 3.18. The fraction of sp³-hybridized carbons (Fsp3) is 0.200. The van der Waals surface area contributed by atoms with Crippen LogP contribution in [0.1, 0.15) is 59.3 Å². The molecule has 0 fully saturated rings. The number of benzene rings is 2. The van der Waals surface area contributed by atoms with E-state index >= 15 is 35.1 Å². The first kappa shape index (κ1) is 40.5. The molecule has 0 radical (unpaired) electrons. The van der Waals surface area contributed by atoms with Crippen LogP contribution in [0.2, 0.25) is 0 Å². The fourth-order valence-corrected chi connectivity index (χ4v) is 4.76. The summed E-state index contributed by atoms with van der Waals surface area (Å²) in [4.78, 5) is 30.4. The first-order valence-corrected chi connectivity index (χ1v) is 16.1. The minimum absolute atomic E-state index is 0.0766. The second-order valence-corrected chi connectivity index (χ2v) is 11.2. The molecule has 4 rings (SSSR count). The van der Waals surface area contributed by atoms with Gasteiger partial charge >= 0.3 is 11.9 Å². The Morgan fingerprint density at radius 1 is 0.537 bits per heavy atom. The van der Waals surface area contributed by atoms with Gasteiger partial charge in [0.15, 0.2) is 46.5 Å². The summed E-state index contributed by atoms with van der Waals surface area (Å²) < 4.78 is 131. The van der Waals surface area contributed by atoms with Gasteiger partial charge in [-0.25, -0.2) is 44.7 Å². The van der Waals surface area contributed by atoms with Gasteiger partial charge in [-0.2, -0.15) is 0 Å². The Labute approximate surface area is 304 Å². The molecular formula is C40H28F8N2O4. The Morgan fingerprint density at radius 3 is 1.19 bits per heavy atom. The third kappa shape index (κ3) is 9.98. The van der Waals surface area contributed by atoms with Crippen molar-refractivity contribution in [2.45, 2.75) is 38.5 Å². The SMILES string of the molecule is C=CC(=O)OCCCCc1ccc(C#Cc2c(F)c(F)c(-c3c(F)c(F)c(C#Cc4ccc(CCCCOC(=O)C=C)nc4)c(F)c3F)c(F)c2F)cn1. The van der Waals surface area contributed by atoms with Crippen LogP contribution in [-0.4, -0.2) is 35.1 Å². The van der Waals surface area contributed by atoms with Gasteiger partial charge in [0.25, 0.3) is 0 Å². The molecule has 0 aliphatic heterocycles. The number of nitrogens with zero attached hydrogens (tertiary/aromatic N) is 2. The number of unbranched alkanes of at least 4 members (excludes halogenated alkanes) is 2. The van der Waals surface area contributed by atoms with Gasteiger partial charge in [-0.1, -0.05) is 36.8 Å². The number of halogens is 8. The molecule has 0 saturated heterocycles. The zero-order valence-electron chi connectivity index (χ0n) is 28.2. The number of aromatic nitrogens is 2. The first-order chi connectivity index (χ1) is 25.9. The van der Waals surface area contributed by atoms with E-state index in [1.807, 2.05) is 11.8 Å². The van der Waals surface area contributed by atoms with Crippen LogP contribution in [0, 0.1) is 70.2 Å². The molecule has 0 aliphatic carbocycles. The van der Waals surface area contributed by atoms with E-state index in [1.165, 1.54) is 36.7 Å². The van der Waals surface area contributed by atoms with Crippen LogP contribution in [0.4, 0.5) is 35.1 Å². The minimum Gasteiger partial charge on any atom is -0.463 e. The zero-order valence-corrected chi connectivity index (χ0v) is 28.2. The van der Waals surface area contributed by atoms with Gasteiger partial charge in [0, 0.05) is 47.1 Å². The van der Waals surface area contributed by atoms with Gasteiger partial charge in [-0.05, 0) is 62.8 Å². The summed E-state index contributed by atoms with van der Waals surface area (Å²) in [7, 11) is 0. The molecule has 14 heteroatoms. The molecule has 0 bridgehead atoms. The Bertz CT molecular complexity index is 1990. The molecular weight excluding hydrogens is 724 g/mol. The highest BCUT2D eigenvalue weighted by molar-refractivity contribution is 5.81. The molecule has 2 aromatic heterocycles. The molecule has 0 atom stereocenters. The normalized spacial score (nSPS) is 10.4. The summed E-state index contributed by atoms with van der Waals surface area (Å²) >= 11 is 0. The maximum atomic E-state index is 15.2. The third-order valence-corrected chi connectivity index (χ3v) is 7.57. The van der Waals surface area contributed by atoms with E-state index in [2.05, 4.69) is 35.0 Å². The van der Waals surface area contributed by atoms with Gasteiger partial charge < -0.3 is 9.47 Å². The maximum Gasteiger partial charge on any atom is 0.330 e. The van der Waals surface area contributed by atoms with Crippen LogP contribution >= 0.6 is 0 Å². The number of carbonyl (C=O) groups excluding carboxylic acids is 2. The molecule has 0 aliphatic rings. The summed E-state index contributed by atoms with van der Waals surface area (Å²) in [6, 6.07) is 5.88. The third-order valence-electron chi connectivity index (χ3n) is 7.57. The predicted molar refractivity (Wildman–Crippen MR) is 180 cm³/mol. The van der Waals surface area contributed by atoms with Crippen LogP contribution in [0.3, 0.4) is 0 Å². The predicted octanol–water partition coefficient (Wildman–Crippen LogP) is 8.16. The van der Waals surface area contributed by atoms with Crippen molar-refractivity contribution >= 4 is 11.9 Å². The first-order valence-electron chi connectivity index (χ1n) is 16.1. The molecule has 4 aromatic rings. The van der Waals surface area contributed by atoms with Crippen molar-refractivity contribution in [1.82, 2.24) is 9.97 Å². The molecule has 0 amide bonds. The quantitative estimate of drug-likeness (QED) is 0.0343. The average molecular weight is 753 g/mol. The number of carbonyl (C=O) groups is 2. The maximum absolute atomic E-state index is 15.2. The Morgan fingerprint density at radius 2 is 0.889 bits per heavy atom. The van der Waals surface area contributed by atoms with Gasteiger partial charge in [0.2, 0.25) is 0 Å². The molecule has 6 nitrogen and oxygen atoms in total. The number of esters is 2. The largest absolute Gasteiger partial charge is 0.463 e. The Balaban J connectivity index is 1.52.